The molecule has 0 saturated carbocycles. The number of nitro groups is 1. The SMILES string of the molecule is Cc1cc(OC(=O)C2CCCN(Cc3ccccc3)C2)ccc1[N+](=O)[O-]. The predicted octanol–water partition coefficient (Wildman–Crippen LogP) is 3.72. The topological polar surface area (TPSA) is 72.7 Å². The molecule has 0 aliphatic carbocycles. The van der Waals surface area contributed by atoms with Gasteiger partial charge >= 0.3 is 5.97 Å². The van der Waals surface area contributed by atoms with Gasteiger partial charge in [-0.2, -0.15) is 0 Å². The standard InChI is InChI=1S/C20H22N2O4/c1-15-12-18(9-10-19(15)22(24)25)26-20(23)17-8-5-11-21(14-17)13-16-6-3-2-4-7-16/h2-4,6-7,9-10,12,17H,5,8,11,13-14H2,1H3. The zero-order valence-corrected chi connectivity index (χ0v) is 14.8. The number of hydrogen-bond donors (Lipinski definition) is 0. The molecule has 0 radical (unpaired) electrons. The van der Waals surface area contributed by atoms with Crippen molar-refractivity contribution in [1.29, 1.82) is 0 Å². The highest BCUT2D eigenvalue weighted by Gasteiger charge is 2.27. The van der Waals surface area contributed by atoms with Gasteiger partial charge in [0.2, 0.25) is 0 Å². The minimum atomic E-state index is -0.441. The number of rotatable bonds is 5. The van der Waals surface area contributed by atoms with E-state index in [1.165, 1.54) is 17.7 Å². The summed E-state index contributed by atoms with van der Waals surface area (Å²) in [6.45, 7) is 4.09. The van der Waals surface area contributed by atoms with Crippen molar-refractivity contribution in [3.8, 4) is 5.75 Å². The van der Waals surface area contributed by atoms with Crippen molar-refractivity contribution in [2.24, 2.45) is 5.92 Å². The van der Waals surface area contributed by atoms with Gasteiger partial charge in [0.1, 0.15) is 5.75 Å². The zero-order valence-electron chi connectivity index (χ0n) is 14.8. The van der Waals surface area contributed by atoms with Gasteiger partial charge in [0.05, 0.1) is 10.8 Å². The number of carbonyl (C=O) groups is 1. The smallest absolute Gasteiger partial charge is 0.315 e. The summed E-state index contributed by atoms with van der Waals surface area (Å²) in [4.78, 5) is 25.2. The third-order valence-electron chi connectivity index (χ3n) is 4.67. The van der Waals surface area contributed by atoms with Crippen LogP contribution in [-0.4, -0.2) is 28.9 Å². The van der Waals surface area contributed by atoms with Crippen LogP contribution in [0.4, 0.5) is 5.69 Å². The first-order valence-corrected chi connectivity index (χ1v) is 8.76. The van der Waals surface area contributed by atoms with E-state index in [0.29, 0.717) is 17.9 Å². The molecule has 2 aromatic carbocycles. The minimum absolute atomic E-state index is 0.0245. The van der Waals surface area contributed by atoms with E-state index in [0.717, 1.165) is 25.9 Å². The highest BCUT2D eigenvalue weighted by atomic mass is 16.6. The third-order valence-corrected chi connectivity index (χ3v) is 4.67. The lowest BCUT2D eigenvalue weighted by molar-refractivity contribution is -0.385. The summed E-state index contributed by atoms with van der Waals surface area (Å²) < 4.78 is 5.48. The molecule has 0 amide bonds. The van der Waals surface area contributed by atoms with Gasteiger partial charge in [-0.1, -0.05) is 30.3 Å². The van der Waals surface area contributed by atoms with Crippen molar-refractivity contribution in [3.63, 3.8) is 0 Å². The molecule has 3 rings (SSSR count). The molecule has 2 aromatic rings. The van der Waals surface area contributed by atoms with Crippen molar-refractivity contribution in [2.75, 3.05) is 13.1 Å². The first kappa shape index (κ1) is 18.1. The van der Waals surface area contributed by atoms with Crippen molar-refractivity contribution < 1.29 is 14.5 Å². The fraction of sp³-hybridized carbons (Fsp3) is 0.350. The molecular weight excluding hydrogens is 332 g/mol. The lowest BCUT2D eigenvalue weighted by atomic mass is 9.97. The highest BCUT2D eigenvalue weighted by molar-refractivity contribution is 5.75. The molecule has 1 aliphatic rings. The zero-order chi connectivity index (χ0) is 18.5. The van der Waals surface area contributed by atoms with Crippen LogP contribution in [0, 0.1) is 23.0 Å². The van der Waals surface area contributed by atoms with E-state index in [1.54, 1.807) is 13.0 Å². The average Bonchev–Trinajstić information content (AvgIpc) is 2.62. The Morgan fingerprint density at radius 2 is 2.04 bits per heavy atom. The molecule has 1 atom stereocenters. The Hall–Kier alpha value is -2.73. The number of esters is 1. The maximum Gasteiger partial charge on any atom is 0.315 e. The van der Waals surface area contributed by atoms with E-state index in [4.69, 9.17) is 4.74 Å². The molecule has 26 heavy (non-hydrogen) atoms. The van der Waals surface area contributed by atoms with Crippen LogP contribution in [0.15, 0.2) is 48.5 Å². The number of likely N-dealkylation sites (tertiary alicyclic amines) is 1. The summed E-state index contributed by atoms with van der Waals surface area (Å²) in [6, 6.07) is 14.6. The van der Waals surface area contributed by atoms with Crippen molar-refractivity contribution in [2.45, 2.75) is 26.3 Å². The van der Waals surface area contributed by atoms with Gasteiger partial charge in [-0.05, 0) is 44.0 Å². The Labute approximate surface area is 152 Å². The molecule has 6 nitrogen and oxygen atoms in total. The van der Waals surface area contributed by atoms with Gasteiger partial charge in [0, 0.05) is 24.7 Å². The van der Waals surface area contributed by atoms with Crippen molar-refractivity contribution >= 4 is 11.7 Å². The largest absolute Gasteiger partial charge is 0.426 e. The van der Waals surface area contributed by atoms with Gasteiger partial charge in [-0.15, -0.1) is 0 Å². The second kappa shape index (κ2) is 8.10. The van der Waals surface area contributed by atoms with Crippen LogP contribution in [0.3, 0.4) is 0 Å². The summed E-state index contributed by atoms with van der Waals surface area (Å²) >= 11 is 0. The number of hydrogen-bond acceptors (Lipinski definition) is 5. The lowest BCUT2D eigenvalue weighted by Crippen LogP contribution is -2.39. The summed E-state index contributed by atoms with van der Waals surface area (Å²) in [7, 11) is 0. The van der Waals surface area contributed by atoms with Gasteiger partial charge in [0.25, 0.3) is 5.69 Å². The molecule has 6 heteroatoms. The minimum Gasteiger partial charge on any atom is -0.426 e. The summed E-state index contributed by atoms with van der Waals surface area (Å²) in [5, 5.41) is 10.9. The van der Waals surface area contributed by atoms with E-state index >= 15 is 0 Å². The normalized spacial score (nSPS) is 17.7. The van der Waals surface area contributed by atoms with Crippen molar-refractivity contribution in [1.82, 2.24) is 4.90 Å². The number of carbonyl (C=O) groups excluding carboxylic acids is 1. The summed E-state index contributed by atoms with van der Waals surface area (Å²) in [5.41, 5.74) is 1.73. The van der Waals surface area contributed by atoms with Crippen LogP contribution in [0.5, 0.6) is 5.75 Å². The molecule has 1 heterocycles. The number of nitro benzene ring substituents is 1. The fourth-order valence-corrected chi connectivity index (χ4v) is 3.33. The summed E-state index contributed by atoms with van der Waals surface area (Å²) in [5.74, 6) is -0.0859. The second-order valence-corrected chi connectivity index (χ2v) is 6.69. The Morgan fingerprint density at radius 1 is 1.27 bits per heavy atom. The number of ether oxygens (including phenoxy) is 1. The van der Waals surface area contributed by atoms with Crippen LogP contribution in [-0.2, 0) is 11.3 Å². The molecule has 0 spiro atoms. The first-order chi connectivity index (χ1) is 12.5. The van der Waals surface area contributed by atoms with E-state index in [-0.39, 0.29) is 17.6 Å². The van der Waals surface area contributed by atoms with E-state index in [2.05, 4.69) is 17.0 Å². The Balaban J connectivity index is 1.60. The molecule has 0 N–H and O–H groups in total. The van der Waals surface area contributed by atoms with Crippen LogP contribution in [0.25, 0.3) is 0 Å². The molecule has 1 fully saturated rings. The highest BCUT2D eigenvalue weighted by Crippen LogP contribution is 2.25. The van der Waals surface area contributed by atoms with Gasteiger partial charge in [0.15, 0.2) is 0 Å². The maximum atomic E-state index is 12.5. The van der Waals surface area contributed by atoms with E-state index in [9.17, 15) is 14.9 Å². The molecule has 1 aliphatic heterocycles. The first-order valence-electron chi connectivity index (χ1n) is 8.76. The van der Waals surface area contributed by atoms with Crippen LogP contribution in [0.2, 0.25) is 0 Å². The van der Waals surface area contributed by atoms with Crippen LogP contribution >= 0.6 is 0 Å². The number of aryl methyl sites for hydroxylation is 1. The number of piperidine rings is 1. The summed E-state index contributed by atoms with van der Waals surface area (Å²) in [6.07, 6.45) is 1.75. The van der Waals surface area contributed by atoms with Crippen molar-refractivity contribution in [3.05, 3.63) is 69.8 Å². The average molecular weight is 354 g/mol. The number of benzene rings is 2. The Bertz CT molecular complexity index is 792. The second-order valence-electron chi connectivity index (χ2n) is 6.69. The Kier molecular flexibility index (Phi) is 5.63. The fourth-order valence-electron chi connectivity index (χ4n) is 3.33. The monoisotopic (exact) mass is 354 g/mol. The number of nitrogens with zero attached hydrogens (tertiary/aromatic N) is 2. The molecule has 0 bridgehead atoms. The van der Waals surface area contributed by atoms with Crippen LogP contribution in [0.1, 0.15) is 24.0 Å². The molecule has 0 aromatic heterocycles. The quantitative estimate of drug-likeness (QED) is 0.354. The van der Waals surface area contributed by atoms with Gasteiger partial charge in [-0.3, -0.25) is 19.8 Å². The van der Waals surface area contributed by atoms with E-state index < -0.39 is 4.92 Å². The molecule has 136 valence electrons. The predicted molar refractivity (Wildman–Crippen MR) is 97.9 cm³/mol. The molecule has 1 unspecified atom stereocenters. The molecule has 1 saturated heterocycles. The maximum absolute atomic E-state index is 12.5. The van der Waals surface area contributed by atoms with E-state index in [1.807, 2.05) is 18.2 Å². The van der Waals surface area contributed by atoms with Gasteiger partial charge in [-0.25, -0.2) is 0 Å². The lowest BCUT2D eigenvalue weighted by Gasteiger charge is -2.31. The third kappa shape index (κ3) is 4.46. The Morgan fingerprint density at radius 3 is 2.73 bits per heavy atom. The van der Waals surface area contributed by atoms with Crippen LogP contribution < -0.4 is 4.74 Å². The molecular formula is C20H22N2O4. The van der Waals surface area contributed by atoms with Gasteiger partial charge < -0.3 is 4.74 Å².